The van der Waals surface area contributed by atoms with Gasteiger partial charge < -0.3 is 15.7 Å². The summed E-state index contributed by atoms with van der Waals surface area (Å²) in [7, 11) is 0. The molecule has 0 radical (unpaired) electrons. The Morgan fingerprint density at radius 2 is 2.10 bits per heavy atom. The molecular formula is C15H21ClN2O2. The van der Waals surface area contributed by atoms with Crippen LogP contribution in [0.2, 0.25) is 5.02 Å². The summed E-state index contributed by atoms with van der Waals surface area (Å²) in [5, 5.41) is 16.0. The molecule has 1 unspecified atom stereocenters. The lowest BCUT2D eigenvalue weighted by molar-refractivity contribution is 0.173. The third kappa shape index (κ3) is 4.39. The van der Waals surface area contributed by atoms with Crippen LogP contribution in [0.1, 0.15) is 37.4 Å². The van der Waals surface area contributed by atoms with E-state index in [0.29, 0.717) is 17.1 Å². The quantitative estimate of drug-likeness (QED) is 0.756. The summed E-state index contributed by atoms with van der Waals surface area (Å²) in [6.07, 6.45) is 4.14. The summed E-state index contributed by atoms with van der Waals surface area (Å²) in [6.45, 7) is 0.845. The van der Waals surface area contributed by atoms with Gasteiger partial charge in [0.05, 0.1) is 6.10 Å². The van der Waals surface area contributed by atoms with E-state index in [1.54, 1.807) is 18.2 Å². The molecule has 20 heavy (non-hydrogen) atoms. The van der Waals surface area contributed by atoms with E-state index in [9.17, 15) is 9.90 Å². The van der Waals surface area contributed by atoms with Crippen molar-refractivity contribution in [3.05, 3.63) is 34.9 Å². The molecule has 5 heteroatoms. The number of nitrogens with one attached hydrogen (secondary N) is 2. The van der Waals surface area contributed by atoms with E-state index in [4.69, 9.17) is 11.6 Å². The van der Waals surface area contributed by atoms with Crippen molar-refractivity contribution in [2.75, 3.05) is 13.1 Å². The van der Waals surface area contributed by atoms with Gasteiger partial charge in [-0.25, -0.2) is 4.79 Å². The van der Waals surface area contributed by atoms with Crippen LogP contribution in [0.3, 0.4) is 0 Å². The lowest BCUT2D eigenvalue weighted by Gasteiger charge is -2.25. The van der Waals surface area contributed by atoms with Crippen LogP contribution in [-0.4, -0.2) is 24.2 Å². The minimum atomic E-state index is -0.791. The van der Waals surface area contributed by atoms with Crippen LogP contribution in [0, 0.1) is 5.92 Å². The fourth-order valence-electron chi connectivity index (χ4n) is 2.28. The highest BCUT2D eigenvalue weighted by atomic mass is 35.5. The maximum atomic E-state index is 11.6. The Bertz CT molecular complexity index is 449. The van der Waals surface area contributed by atoms with Gasteiger partial charge in [-0.1, -0.05) is 49.1 Å². The van der Waals surface area contributed by atoms with Crippen LogP contribution in [0.25, 0.3) is 0 Å². The van der Waals surface area contributed by atoms with Gasteiger partial charge in [-0.3, -0.25) is 0 Å². The average Bonchev–Trinajstić information content (AvgIpc) is 2.39. The van der Waals surface area contributed by atoms with Gasteiger partial charge >= 0.3 is 6.03 Å². The molecule has 1 aromatic carbocycles. The molecule has 2 amide bonds. The van der Waals surface area contributed by atoms with Crippen LogP contribution >= 0.6 is 11.6 Å². The highest BCUT2D eigenvalue weighted by Crippen LogP contribution is 2.28. The maximum absolute atomic E-state index is 11.6. The first kappa shape index (κ1) is 15.1. The molecule has 110 valence electrons. The molecule has 1 aliphatic rings. The van der Waals surface area contributed by atoms with Crippen molar-refractivity contribution in [1.82, 2.24) is 10.6 Å². The van der Waals surface area contributed by atoms with Gasteiger partial charge in [0.15, 0.2) is 0 Å². The molecule has 1 aromatic rings. The Hall–Kier alpha value is -1.26. The zero-order valence-electron chi connectivity index (χ0n) is 11.4. The third-order valence-corrected chi connectivity index (χ3v) is 4.13. The van der Waals surface area contributed by atoms with E-state index >= 15 is 0 Å². The molecule has 4 nitrogen and oxygen atoms in total. The Morgan fingerprint density at radius 1 is 1.35 bits per heavy atom. The number of halogens is 1. The van der Waals surface area contributed by atoms with Crippen LogP contribution in [0.4, 0.5) is 4.79 Å². The van der Waals surface area contributed by atoms with E-state index in [1.807, 2.05) is 6.07 Å². The molecule has 1 fully saturated rings. The first-order valence-electron chi connectivity index (χ1n) is 7.11. The van der Waals surface area contributed by atoms with Crippen molar-refractivity contribution < 1.29 is 9.90 Å². The summed E-state index contributed by atoms with van der Waals surface area (Å²) in [5.74, 6) is 0.781. The number of hydrogen-bond donors (Lipinski definition) is 3. The van der Waals surface area contributed by atoms with Gasteiger partial charge in [0.25, 0.3) is 0 Å². The zero-order valence-corrected chi connectivity index (χ0v) is 12.2. The number of hydrogen-bond acceptors (Lipinski definition) is 2. The Morgan fingerprint density at radius 3 is 2.75 bits per heavy atom. The number of carbonyl (C=O) groups excluding carboxylic acids is 1. The number of carbonyl (C=O) groups is 1. The number of rotatable bonds is 6. The SMILES string of the molecule is O=C(NCCC1CCC1)NCC(O)c1ccccc1Cl. The van der Waals surface area contributed by atoms with Gasteiger partial charge in [-0.05, 0) is 18.4 Å². The van der Waals surface area contributed by atoms with E-state index in [1.165, 1.54) is 19.3 Å². The molecule has 2 rings (SSSR count). The molecule has 1 aliphatic carbocycles. The van der Waals surface area contributed by atoms with Crippen molar-refractivity contribution in [1.29, 1.82) is 0 Å². The molecular weight excluding hydrogens is 276 g/mol. The van der Waals surface area contributed by atoms with E-state index in [0.717, 1.165) is 12.3 Å². The van der Waals surface area contributed by atoms with Gasteiger partial charge in [0.1, 0.15) is 0 Å². The lowest BCUT2D eigenvalue weighted by Crippen LogP contribution is -2.39. The minimum Gasteiger partial charge on any atom is -0.387 e. The fourth-order valence-corrected chi connectivity index (χ4v) is 2.54. The third-order valence-electron chi connectivity index (χ3n) is 3.78. The molecule has 0 aromatic heterocycles. The summed E-state index contributed by atoms with van der Waals surface area (Å²) >= 11 is 5.99. The number of aliphatic hydroxyl groups is 1. The summed E-state index contributed by atoms with van der Waals surface area (Å²) in [6, 6.07) is 6.85. The second-order valence-electron chi connectivity index (χ2n) is 5.26. The normalized spacial score (nSPS) is 16.3. The second-order valence-corrected chi connectivity index (χ2v) is 5.67. The van der Waals surface area contributed by atoms with Crippen molar-refractivity contribution in [3.63, 3.8) is 0 Å². The molecule has 0 bridgehead atoms. The topological polar surface area (TPSA) is 61.4 Å². The molecule has 0 aliphatic heterocycles. The van der Waals surface area contributed by atoms with Crippen LogP contribution < -0.4 is 10.6 Å². The molecule has 1 saturated carbocycles. The highest BCUT2D eigenvalue weighted by Gasteiger charge is 2.17. The highest BCUT2D eigenvalue weighted by molar-refractivity contribution is 6.31. The predicted molar refractivity (Wildman–Crippen MR) is 79.8 cm³/mol. The smallest absolute Gasteiger partial charge is 0.314 e. The van der Waals surface area contributed by atoms with Crippen molar-refractivity contribution in [2.24, 2.45) is 5.92 Å². The average molecular weight is 297 g/mol. The summed E-state index contributed by atoms with van der Waals surface area (Å²) < 4.78 is 0. The number of benzene rings is 1. The summed E-state index contributed by atoms with van der Waals surface area (Å²) in [5.41, 5.74) is 0.629. The number of amides is 2. The lowest BCUT2D eigenvalue weighted by atomic mass is 9.83. The maximum Gasteiger partial charge on any atom is 0.314 e. The summed E-state index contributed by atoms with van der Waals surface area (Å²) in [4.78, 5) is 11.6. The second kappa shape index (κ2) is 7.50. The monoisotopic (exact) mass is 296 g/mol. The first-order chi connectivity index (χ1) is 9.66. The predicted octanol–water partition coefficient (Wildman–Crippen LogP) is 2.86. The van der Waals surface area contributed by atoms with Crippen molar-refractivity contribution in [3.8, 4) is 0 Å². The van der Waals surface area contributed by atoms with E-state index in [2.05, 4.69) is 10.6 Å². The largest absolute Gasteiger partial charge is 0.387 e. The van der Waals surface area contributed by atoms with Crippen molar-refractivity contribution in [2.45, 2.75) is 31.8 Å². The van der Waals surface area contributed by atoms with E-state index in [-0.39, 0.29) is 12.6 Å². The fraction of sp³-hybridized carbons (Fsp3) is 0.533. The van der Waals surface area contributed by atoms with Crippen LogP contribution in [0.5, 0.6) is 0 Å². The van der Waals surface area contributed by atoms with Gasteiger partial charge in [0, 0.05) is 23.7 Å². The van der Waals surface area contributed by atoms with Gasteiger partial charge in [0.2, 0.25) is 0 Å². The molecule has 0 saturated heterocycles. The van der Waals surface area contributed by atoms with E-state index < -0.39 is 6.10 Å². The Balaban J connectivity index is 1.66. The Labute approximate surface area is 124 Å². The first-order valence-corrected chi connectivity index (χ1v) is 7.49. The molecule has 3 N–H and O–H groups in total. The van der Waals surface area contributed by atoms with Gasteiger partial charge in [-0.2, -0.15) is 0 Å². The minimum absolute atomic E-state index is 0.152. The molecule has 0 spiro atoms. The standard InChI is InChI=1S/C15H21ClN2O2/c16-13-7-2-1-6-12(13)14(19)10-18-15(20)17-9-8-11-4-3-5-11/h1-2,6-7,11,14,19H,3-5,8-10H2,(H2,17,18,20). The van der Waals surface area contributed by atoms with Crippen molar-refractivity contribution >= 4 is 17.6 Å². The molecule has 0 heterocycles. The number of aliphatic hydroxyl groups excluding tert-OH is 1. The van der Waals surface area contributed by atoms with Gasteiger partial charge in [-0.15, -0.1) is 0 Å². The zero-order chi connectivity index (χ0) is 14.4. The van der Waals surface area contributed by atoms with Crippen LogP contribution in [0.15, 0.2) is 24.3 Å². The molecule has 1 atom stereocenters. The number of urea groups is 1. The Kier molecular flexibility index (Phi) is 5.68. The van der Waals surface area contributed by atoms with Crippen LogP contribution in [-0.2, 0) is 0 Å².